The van der Waals surface area contributed by atoms with Crippen molar-refractivity contribution in [1.29, 1.82) is 0 Å². The molecule has 144 valence electrons. The molecule has 7 heteroatoms. The maximum Gasteiger partial charge on any atom is 0.253 e. The summed E-state index contributed by atoms with van der Waals surface area (Å²) in [7, 11) is 0. The smallest absolute Gasteiger partial charge is 0.253 e. The molecule has 3 aliphatic rings. The van der Waals surface area contributed by atoms with Gasteiger partial charge in [-0.2, -0.15) is 0 Å². The summed E-state index contributed by atoms with van der Waals surface area (Å²) >= 11 is 0. The zero-order valence-electron chi connectivity index (χ0n) is 15.5. The maximum absolute atomic E-state index is 12.9. The molecule has 27 heavy (non-hydrogen) atoms. The van der Waals surface area contributed by atoms with Crippen LogP contribution in [0.3, 0.4) is 0 Å². The van der Waals surface area contributed by atoms with Gasteiger partial charge in [0.1, 0.15) is 0 Å². The van der Waals surface area contributed by atoms with Crippen LogP contribution in [0.15, 0.2) is 24.3 Å². The minimum atomic E-state index is 0.00146. The Morgan fingerprint density at radius 1 is 1.00 bits per heavy atom. The Morgan fingerprint density at radius 3 is 2.52 bits per heavy atom. The molecule has 0 saturated carbocycles. The van der Waals surface area contributed by atoms with Crippen LogP contribution in [0.5, 0.6) is 0 Å². The third-order valence-electron chi connectivity index (χ3n) is 5.75. The van der Waals surface area contributed by atoms with E-state index in [0.717, 1.165) is 44.6 Å². The van der Waals surface area contributed by atoms with Crippen molar-refractivity contribution in [3.05, 3.63) is 29.8 Å². The number of piperidine rings is 1. The minimum absolute atomic E-state index is 0.00146. The van der Waals surface area contributed by atoms with Crippen LogP contribution in [-0.2, 0) is 9.59 Å². The highest BCUT2D eigenvalue weighted by molar-refractivity contribution is 5.97. The van der Waals surface area contributed by atoms with Gasteiger partial charge >= 0.3 is 0 Å². The fourth-order valence-electron chi connectivity index (χ4n) is 4.29. The van der Waals surface area contributed by atoms with Crippen molar-refractivity contribution in [1.82, 2.24) is 15.1 Å². The molecule has 1 N–H and O–H groups in total. The summed E-state index contributed by atoms with van der Waals surface area (Å²) in [5.74, 6) is 0.274. The van der Waals surface area contributed by atoms with Crippen LogP contribution in [0.2, 0.25) is 0 Å². The molecule has 1 unspecified atom stereocenters. The molecular formula is C20H26N4O3. The van der Waals surface area contributed by atoms with E-state index < -0.39 is 0 Å². The maximum atomic E-state index is 12.9. The number of hydrogen-bond donors (Lipinski definition) is 1. The highest BCUT2D eigenvalue weighted by atomic mass is 16.2. The minimum Gasteiger partial charge on any atom is -0.337 e. The second-order valence-corrected chi connectivity index (χ2v) is 7.51. The molecule has 3 heterocycles. The number of likely N-dealkylation sites (tertiary alicyclic amines) is 1. The van der Waals surface area contributed by atoms with Crippen molar-refractivity contribution in [2.24, 2.45) is 0 Å². The second-order valence-electron chi connectivity index (χ2n) is 7.51. The molecule has 3 saturated heterocycles. The van der Waals surface area contributed by atoms with Crippen molar-refractivity contribution in [3.8, 4) is 0 Å². The first kappa shape index (κ1) is 18.0. The molecule has 3 aliphatic heterocycles. The third-order valence-corrected chi connectivity index (χ3v) is 5.75. The van der Waals surface area contributed by atoms with E-state index in [1.165, 1.54) is 0 Å². The number of carbonyl (C=O) groups excluding carboxylic acids is 3. The Morgan fingerprint density at radius 2 is 1.81 bits per heavy atom. The van der Waals surface area contributed by atoms with Gasteiger partial charge in [-0.15, -0.1) is 0 Å². The molecule has 3 amide bonds. The number of hydrogen-bond acceptors (Lipinski definition) is 4. The molecule has 4 rings (SSSR count). The van der Waals surface area contributed by atoms with Gasteiger partial charge in [0.25, 0.3) is 5.91 Å². The van der Waals surface area contributed by atoms with E-state index in [2.05, 4.69) is 5.32 Å². The van der Waals surface area contributed by atoms with E-state index in [-0.39, 0.29) is 23.8 Å². The van der Waals surface area contributed by atoms with Gasteiger partial charge in [0.2, 0.25) is 11.8 Å². The van der Waals surface area contributed by atoms with Gasteiger partial charge < -0.3 is 20.0 Å². The third kappa shape index (κ3) is 3.69. The van der Waals surface area contributed by atoms with Crippen LogP contribution in [0.4, 0.5) is 5.69 Å². The molecule has 7 nitrogen and oxygen atoms in total. The molecular weight excluding hydrogens is 344 g/mol. The van der Waals surface area contributed by atoms with Gasteiger partial charge in [-0.05, 0) is 43.5 Å². The number of nitrogens with one attached hydrogen (secondary N) is 1. The molecule has 1 aromatic carbocycles. The first-order valence-corrected chi connectivity index (χ1v) is 9.83. The van der Waals surface area contributed by atoms with Crippen LogP contribution in [0.25, 0.3) is 0 Å². The van der Waals surface area contributed by atoms with Gasteiger partial charge in [-0.3, -0.25) is 14.4 Å². The van der Waals surface area contributed by atoms with Gasteiger partial charge in [0.05, 0.1) is 6.54 Å². The van der Waals surface area contributed by atoms with E-state index in [1.54, 1.807) is 4.90 Å². The Labute approximate surface area is 159 Å². The van der Waals surface area contributed by atoms with Crippen LogP contribution in [0, 0.1) is 0 Å². The Hall–Kier alpha value is -2.41. The van der Waals surface area contributed by atoms with Gasteiger partial charge in [-0.1, -0.05) is 0 Å². The summed E-state index contributed by atoms with van der Waals surface area (Å²) in [6.07, 6.45) is 3.35. The largest absolute Gasteiger partial charge is 0.337 e. The molecule has 0 bridgehead atoms. The summed E-state index contributed by atoms with van der Waals surface area (Å²) in [5.41, 5.74) is 1.50. The molecule has 0 aliphatic carbocycles. The first-order valence-electron chi connectivity index (χ1n) is 9.83. The fraction of sp³-hybridized carbons (Fsp3) is 0.550. The Balaban J connectivity index is 1.42. The molecule has 1 aromatic rings. The van der Waals surface area contributed by atoms with Gasteiger partial charge in [-0.25, -0.2) is 0 Å². The lowest BCUT2D eigenvalue weighted by Crippen LogP contribution is -2.57. The Bertz CT molecular complexity index is 733. The molecule has 0 spiro atoms. The standard InChI is InChI=1S/C20H26N4O3/c25-18-4-2-11-23(18)16-7-5-15(6-8-16)20(27)22-10-1-3-17(14-22)24-12-9-21-13-19(24)26/h5-8,17,21H,1-4,9-14H2. The van der Waals surface area contributed by atoms with Crippen molar-refractivity contribution in [2.45, 2.75) is 31.7 Å². The highest BCUT2D eigenvalue weighted by Gasteiger charge is 2.32. The lowest BCUT2D eigenvalue weighted by atomic mass is 10.0. The number of piperazine rings is 1. The number of anilines is 1. The number of benzene rings is 1. The molecule has 0 radical (unpaired) electrons. The quantitative estimate of drug-likeness (QED) is 0.856. The van der Waals surface area contributed by atoms with Crippen molar-refractivity contribution >= 4 is 23.4 Å². The fourth-order valence-corrected chi connectivity index (χ4v) is 4.29. The zero-order valence-corrected chi connectivity index (χ0v) is 15.5. The summed E-state index contributed by atoms with van der Waals surface area (Å²) in [6.45, 7) is 3.98. The van der Waals surface area contributed by atoms with Crippen molar-refractivity contribution in [2.75, 3.05) is 44.2 Å². The van der Waals surface area contributed by atoms with E-state index in [9.17, 15) is 14.4 Å². The van der Waals surface area contributed by atoms with E-state index in [4.69, 9.17) is 0 Å². The van der Waals surface area contributed by atoms with Crippen LogP contribution < -0.4 is 10.2 Å². The summed E-state index contributed by atoms with van der Waals surface area (Å²) < 4.78 is 0. The summed E-state index contributed by atoms with van der Waals surface area (Å²) in [4.78, 5) is 42.5. The van der Waals surface area contributed by atoms with E-state index in [1.807, 2.05) is 34.1 Å². The number of amides is 3. The number of nitrogens with zero attached hydrogens (tertiary/aromatic N) is 3. The topological polar surface area (TPSA) is 73.0 Å². The van der Waals surface area contributed by atoms with Crippen LogP contribution in [0.1, 0.15) is 36.0 Å². The molecule has 0 aromatic heterocycles. The predicted octanol–water partition coefficient (Wildman–Crippen LogP) is 0.850. The first-order chi connectivity index (χ1) is 13.1. The van der Waals surface area contributed by atoms with Crippen LogP contribution >= 0.6 is 0 Å². The van der Waals surface area contributed by atoms with Crippen LogP contribution in [-0.4, -0.2) is 72.8 Å². The zero-order chi connectivity index (χ0) is 18.8. The van der Waals surface area contributed by atoms with Crippen molar-refractivity contribution < 1.29 is 14.4 Å². The van der Waals surface area contributed by atoms with E-state index in [0.29, 0.717) is 31.6 Å². The summed E-state index contributed by atoms with van der Waals surface area (Å²) in [6, 6.07) is 7.44. The lowest BCUT2D eigenvalue weighted by Gasteiger charge is -2.41. The number of rotatable bonds is 3. The van der Waals surface area contributed by atoms with Gasteiger partial charge in [0.15, 0.2) is 0 Å². The summed E-state index contributed by atoms with van der Waals surface area (Å²) in [5, 5.41) is 3.10. The monoisotopic (exact) mass is 370 g/mol. The van der Waals surface area contributed by atoms with E-state index >= 15 is 0 Å². The predicted molar refractivity (Wildman–Crippen MR) is 102 cm³/mol. The lowest BCUT2D eigenvalue weighted by molar-refractivity contribution is -0.135. The van der Waals surface area contributed by atoms with Gasteiger partial charge in [0, 0.05) is 56.4 Å². The Kier molecular flexibility index (Phi) is 5.11. The molecule has 3 fully saturated rings. The average Bonchev–Trinajstić information content (AvgIpc) is 3.14. The SMILES string of the molecule is O=C(c1ccc(N2CCCC2=O)cc1)N1CCCC(N2CCNCC2=O)C1. The highest BCUT2D eigenvalue weighted by Crippen LogP contribution is 2.23. The normalized spacial score (nSPS) is 23.9. The average molecular weight is 370 g/mol. The molecule has 1 atom stereocenters. The second kappa shape index (κ2) is 7.68. The number of carbonyl (C=O) groups is 3. The van der Waals surface area contributed by atoms with Crippen molar-refractivity contribution in [3.63, 3.8) is 0 Å².